The zero-order chi connectivity index (χ0) is 19.1. The Morgan fingerprint density at radius 3 is 2.71 bits per heavy atom. The van der Waals surface area contributed by atoms with Gasteiger partial charge in [0, 0.05) is 27.6 Å². The van der Waals surface area contributed by atoms with E-state index in [0.717, 1.165) is 19.5 Å². The van der Waals surface area contributed by atoms with Crippen molar-refractivity contribution in [3.8, 4) is 0 Å². The third kappa shape index (κ3) is 2.93. The van der Waals surface area contributed by atoms with Crippen LogP contribution in [-0.2, 0) is 23.3 Å². The number of hydrogen-bond donors (Lipinski definition) is 0. The Morgan fingerprint density at radius 2 is 1.89 bits per heavy atom. The largest absolute Gasteiger partial charge is 0.369 e. The van der Waals surface area contributed by atoms with Crippen molar-refractivity contribution in [3.05, 3.63) is 82.8 Å². The van der Waals surface area contributed by atoms with Crippen molar-refractivity contribution in [2.45, 2.75) is 51.0 Å². The summed E-state index contributed by atoms with van der Waals surface area (Å²) in [5, 5.41) is 1.44. The lowest BCUT2D eigenvalue weighted by molar-refractivity contribution is 0.0157. The van der Waals surface area contributed by atoms with E-state index < -0.39 is 0 Å². The van der Waals surface area contributed by atoms with Gasteiger partial charge < -0.3 is 4.74 Å². The predicted octanol–water partition coefficient (Wildman–Crippen LogP) is 5.91. The zero-order valence-electron chi connectivity index (χ0n) is 16.6. The minimum Gasteiger partial charge on any atom is -0.369 e. The van der Waals surface area contributed by atoms with Crippen LogP contribution in [0.5, 0.6) is 0 Å². The van der Waals surface area contributed by atoms with Crippen molar-refractivity contribution in [1.82, 2.24) is 4.90 Å². The molecule has 0 unspecified atom stereocenters. The first kappa shape index (κ1) is 18.1. The molecular formula is C25H27NOS. The number of likely N-dealkylation sites (N-methyl/N-ethyl adjacent to an activating group) is 1. The maximum Gasteiger partial charge on any atom is 0.0776 e. The van der Waals surface area contributed by atoms with Crippen molar-refractivity contribution in [2.75, 3.05) is 6.54 Å². The van der Waals surface area contributed by atoms with E-state index in [1.165, 1.54) is 21.2 Å². The van der Waals surface area contributed by atoms with Gasteiger partial charge in [0.1, 0.15) is 0 Å². The molecule has 3 heteroatoms. The van der Waals surface area contributed by atoms with Crippen molar-refractivity contribution in [3.63, 3.8) is 0 Å². The Bertz CT molecular complexity index is 1010. The van der Waals surface area contributed by atoms with Crippen LogP contribution in [0, 0.1) is 0 Å². The number of rotatable bonds is 4. The van der Waals surface area contributed by atoms with Gasteiger partial charge in [-0.3, -0.25) is 4.90 Å². The van der Waals surface area contributed by atoms with E-state index in [2.05, 4.69) is 85.5 Å². The highest BCUT2D eigenvalue weighted by molar-refractivity contribution is 7.19. The molecule has 0 bridgehead atoms. The molecule has 144 valence electrons. The van der Waals surface area contributed by atoms with Crippen molar-refractivity contribution >= 4 is 21.4 Å². The van der Waals surface area contributed by atoms with Gasteiger partial charge in [0.05, 0.1) is 12.7 Å². The van der Waals surface area contributed by atoms with Gasteiger partial charge in [-0.1, -0.05) is 67.6 Å². The summed E-state index contributed by atoms with van der Waals surface area (Å²) in [4.78, 5) is 4.21. The van der Waals surface area contributed by atoms with Crippen LogP contribution >= 0.6 is 11.3 Å². The molecule has 0 radical (unpaired) electrons. The van der Waals surface area contributed by atoms with Crippen LogP contribution in [-0.4, -0.2) is 23.6 Å². The first-order valence-electron chi connectivity index (χ1n) is 10.3. The van der Waals surface area contributed by atoms with Gasteiger partial charge in [-0.25, -0.2) is 0 Å². The Hall–Kier alpha value is -1.94. The maximum absolute atomic E-state index is 6.29. The van der Waals surface area contributed by atoms with E-state index >= 15 is 0 Å². The molecule has 2 heterocycles. The lowest BCUT2D eigenvalue weighted by Gasteiger charge is -2.49. The van der Waals surface area contributed by atoms with Crippen LogP contribution in [0.2, 0.25) is 0 Å². The molecule has 2 aliphatic rings. The second-order valence-corrected chi connectivity index (χ2v) is 9.25. The monoisotopic (exact) mass is 389 g/mol. The summed E-state index contributed by atoms with van der Waals surface area (Å²) >= 11 is 1.99. The molecule has 1 aromatic heterocycles. The molecule has 2 aromatic carbocycles. The van der Waals surface area contributed by atoms with Crippen molar-refractivity contribution in [1.29, 1.82) is 0 Å². The summed E-state index contributed by atoms with van der Waals surface area (Å²) in [5.74, 6) is 0. The fourth-order valence-corrected chi connectivity index (χ4v) is 6.34. The van der Waals surface area contributed by atoms with Gasteiger partial charge in [-0.15, -0.1) is 11.3 Å². The van der Waals surface area contributed by atoms with Crippen LogP contribution in [0.25, 0.3) is 10.1 Å². The van der Waals surface area contributed by atoms with Crippen molar-refractivity contribution in [2.24, 2.45) is 0 Å². The summed E-state index contributed by atoms with van der Waals surface area (Å²) in [5.41, 5.74) is 2.85. The average molecular weight is 390 g/mol. The highest BCUT2D eigenvalue weighted by atomic mass is 32.1. The Morgan fingerprint density at radius 1 is 1.11 bits per heavy atom. The number of ether oxygens (including phenoxy) is 1. The minimum atomic E-state index is 0.0693. The molecule has 0 fully saturated rings. The van der Waals surface area contributed by atoms with Crippen LogP contribution < -0.4 is 0 Å². The van der Waals surface area contributed by atoms with Gasteiger partial charge in [0.2, 0.25) is 0 Å². The van der Waals surface area contributed by atoms with Gasteiger partial charge in [0.15, 0.2) is 0 Å². The smallest absolute Gasteiger partial charge is 0.0776 e. The van der Waals surface area contributed by atoms with Gasteiger partial charge in [-0.05, 0) is 42.5 Å². The lowest BCUT2D eigenvalue weighted by Crippen LogP contribution is -2.54. The van der Waals surface area contributed by atoms with E-state index in [9.17, 15) is 0 Å². The van der Waals surface area contributed by atoms with E-state index in [4.69, 9.17) is 4.74 Å². The second kappa shape index (κ2) is 7.14. The molecule has 0 amide bonds. The topological polar surface area (TPSA) is 12.5 Å². The second-order valence-electron chi connectivity index (χ2n) is 8.20. The molecule has 0 spiro atoms. The normalized spacial score (nSPS) is 26.9. The average Bonchev–Trinajstić information content (AvgIpc) is 3.12. The first-order chi connectivity index (χ1) is 13.7. The highest BCUT2D eigenvalue weighted by Gasteiger charge is 2.46. The fraction of sp³-hybridized carbons (Fsp3) is 0.360. The first-order valence-corrected chi connectivity index (χ1v) is 11.1. The van der Waals surface area contributed by atoms with E-state index in [1.807, 2.05) is 11.3 Å². The number of hydrogen-bond acceptors (Lipinski definition) is 3. The minimum absolute atomic E-state index is 0.0693. The van der Waals surface area contributed by atoms with Crippen molar-refractivity contribution < 1.29 is 4.74 Å². The molecule has 1 aliphatic carbocycles. The quantitative estimate of drug-likeness (QED) is 0.515. The maximum atomic E-state index is 6.29. The molecule has 0 saturated carbocycles. The van der Waals surface area contributed by atoms with Crippen LogP contribution in [0.1, 0.15) is 36.3 Å². The Balaban J connectivity index is 1.47. The molecule has 5 rings (SSSR count). The molecule has 28 heavy (non-hydrogen) atoms. The van der Waals surface area contributed by atoms with E-state index in [-0.39, 0.29) is 11.5 Å². The summed E-state index contributed by atoms with van der Waals surface area (Å²) in [7, 11) is 0. The van der Waals surface area contributed by atoms with Gasteiger partial charge in [-0.2, -0.15) is 0 Å². The van der Waals surface area contributed by atoms with Crippen LogP contribution in [0.4, 0.5) is 0 Å². The Kier molecular flexibility index (Phi) is 4.62. The number of nitrogens with zero attached hydrogens (tertiary/aromatic N) is 1. The molecule has 0 saturated heterocycles. The molecule has 3 aromatic rings. The number of benzene rings is 2. The molecule has 3 atom stereocenters. The molecular weight excluding hydrogens is 362 g/mol. The Labute approximate surface area is 171 Å². The third-order valence-corrected chi connectivity index (χ3v) is 7.97. The van der Waals surface area contributed by atoms with Gasteiger partial charge >= 0.3 is 0 Å². The molecule has 1 aliphatic heterocycles. The third-order valence-electron chi connectivity index (χ3n) is 6.51. The molecule has 2 nitrogen and oxygen atoms in total. The van der Waals surface area contributed by atoms with Gasteiger partial charge in [0.25, 0.3) is 0 Å². The number of thiophene rings is 1. The summed E-state index contributed by atoms with van der Waals surface area (Å²) in [6.45, 7) is 7.52. The van der Waals surface area contributed by atoms with E-state index in [1.54, 1.807) is 4.88 Å². The zero-order valence-corrected chi connectivity index (χ0v) is 17.4. The standard InChI is InChI=1S/C25H27NOS/c1-3-26-16-21-20-11-7-8-12-22(20)28-24(21)25(2)14-13-19(15-23(25)26)27-17-18-9-5-4-6-10-18/h4-14,19,23H,3,15-17H2,1-2H3/t19-,23-,25-/m0/s1. The predicted molar refractivity (Wildman–Crippen MR) is 118 cm³/mol. The summed E-state index contributed by atoms with van der Waals surface area (Å²) in [6, 6.07) is 19.9. The van der Waals surface area contributed by atoms with E-state index in [0.29, 0.717) is 12.6 Å². The van der Waals surface area contributed by atoms with Crippen LogP contribution in [0.3, 0.4) is 0 Å². The highest BCUT2D eigenvalue weighted by Crippen LogP contribution is 2.50. The summed E-state index contributed by atoms with van der Waals surface area (Å²) in [6.07, 6.45) is 5.99. The number of fused-ring (bicyclic) bond motifs is 5. The lowest BCUT2D eigenvalue weighted by atomic mass is 9.70. The molecule has 0 N–H and O–H groups in total. The summed E-state index contributed by atoms with van der Waals surface area (Å²) < 4.78 is 7.71. The SMILES string of the molecule is CCN1Cc2c(sc3ccccc23)[C@@]2(C)C=C[C@H](OCc3ccccc3)C[C@H]12. The fourth-order valence-electron chi connectivity index (χ4n) is 4.95. The van der Waals surface area contributed by atoms with Crippen LogP contribution in [0.15, 0.2) is 66.7 Å².